The van der Waals surface area contributed by atoms with E-state index in [2.05, 4.69) is 16.6 Å². The second-order valence-corrected chi connectivity index (χ2v) is 5.61. The molecule has 0 unspecified atom stereocenters. The summed E-state index contributed by atoms with van der Waals surface area (Å²) in [6.45, 7) is 3.71. The van der Waals surface area contributed by atoms with Crippen LogP contribution in [0.5, 0.6) is 0 Å². The van der Waals surface area contributed by atoms with E-state index in [0.29, 0.717) is 16.4 Å². The van der Waals surface area contributed by atoms with Crippen molar-refractivity contribution < 1.29 is 14.7 Å². The summed E-state index contributed by atoms with van der Waals surface area (Å²) in [7, 11) is 0. The second-order valence-electron chi connectivity index (χ2n) is 3.73. The molecule has 0 aromatic carbocycles. The van der Waals surface area contributed by atoms with Gasteiger partial charge in [0.05, 0.1) is 11.4 Å². The number of thioether (sulfide) groups is 1. The van der Waals surface area contributed by atoms with Gasteiger partial charge in [0.25, 0.3) is 0 Å². The van der Waals surface area contributed by atoms with E-state index in [-0.39, 0.29) is 11.5 Å². The highest BCUT2D eigenvalue weighted by molar-refractivity contribution is 7.99. The summed E-state index contributed by atoms with van der Waals surface area (Å²) in [5.74, 6) is 0.0467. The Morgan fingerprint density at radius 1 is 1.50 bits per heavy atom. The lowest BCUT2D eigenvalue weighted by atomic mass is 10.2. The van der Waals surface area contributed by atoms with Gasteiger partial charge in [0, 0.05) is 0 Å². The molecule has 0 fully saturated rings. The Balaban J connectivity index is 2.52. The number of carbonyl (C=O) groups excluding carboxylic acids is 1. The number of nitrogens with one attached hydrogen (secondary N) is 1. The summed E-state index contributed by atoms with van der Waals surface area (Å²) in [5.41, 5.74) is 0.522. The average Bonchev–Trinajstić information content (AvgIpc) is 2.66. The van der Waals surface area contributed by atoms with E-state index in [4.69, 9.17) is 5.11 Å². The maximum Gasteiger partial charge on any atom is 0.340 e. The predicted molar refractivity (Wildman–Crippen MR) is 74.7 cm³/mol. The minimum absolute atomic E-state index is 0.0897. The van der Waals surface area contributed by atoms with Crippen molar-refractivity contribution in [1.82, 2.24) is 4.37 Å². The van der Waals surface area contributed by atoms with E-state index in [1.807, 2.05) is 0 Å². The number of hydrogen-bond acceptors (Lipinski definition) is 5. The molecule has 0 aliphatic carbocycles. The van der Waals surface area contributed by atoms with E-state index in [0.717, 1.165) is 30.1 Å². The molecule has 0 aliphatic rings. The molecule has 0 atom stereocenters. The van der Waals surface area contributed by atoms with Gasteiger partial charge in [-0.15, -0.1) is 0 Å². The molecule has 1 aromatic heterocycles. The standard InChI is InChI=1S/C11H16N2O3S2/c1-3-4-5-17-6-8(14)12-10-9(11(15)16)7(2)13-18-10/h3-6H2,1-2H3,(H,12,14)(H,15,16). The second kappa shape index (κ2) is 7.38. The van der Waals surface area contributed by atoms with Gasteiger partial charge >= 0.3 is 5.97 Å². The fourth-order valence-corrected chi connectivity index (χ4v) is 2.98. The molecule has 7 heteroatoms. The minimum Gasteiger partial charge on any atom is -0.478 e. The van der Waals surface area contributed by atoms with Crippen LogP contribution in [0.1, 0.15) is 35.8 Å². The van der Waals surface area contributed by atoms with Crippen molar-refractivity contribution >= 4 is 40.2 Å². The quantitative estimate of drug-likeness (QED) is 0.754. The van der Waals surface area contributed by atoms with Crippen LogP contribution in [0.3, 0.4) is 0 Å². The molecule has 100 valence electrons. The smallest absolute Gasteiger partial charge is 0.340 e. The SMILES string of the molecule is CCCCSCC(=O)Nc1snc(C)c1C(=O)O. The summed E-state index contributed by atoms with van der Waals surface area (Å²) >= 11 is 2.56. The van der Waals surface area contributed by atoms with E-state index in [9.17, 15) is 9.59 Å². The van der Waals surface area contributed by atoms with Gasteiger partial charge in [0.15, 0.2) is 0 Å². The Kier molecular flexibility index (Phi) is 6.14. The first-order valence-corrected chi connectivity index (χ1v) is 7.56. The third-order valence-corrected chi connectivity index (χ3v) is 4.10. The monoisotopic (exact) mass is 288 g/mol. The minimum atomic E-state index is -1.06. The number of anilines is 1. The highest BCUT2D eigenvalue weighted by Crippen LogP contribution is 2.24. The molecule has 0 bridgehead atoms. The Morgan fingerprint density at radius 3 is 2.83 bits per heavy atom. The lowest BCUT2D eigenvalue weighted by Crippen LogP contribution is -2.15. The zero-order valence-corrected chi connectivity index (χ0v) is 12.0. The number of carboxylic acids is 1. The van der Waals surface area contributed by atoms with Gasteiger partial charge in [0.2, 0.25) is 5.91 Å². The summed E-state index contributed by atoms with van der Waals surface area (Å²) in [6, 6.07) is 0. The van der Waals surface area contributed by atoms with E-state index >= 15 is 0 Å². The lowest BCUT2D eigenvalue weighted by Gasteiger charge is -2.03. The number of carbonyl (C=O) groups is 2. The molecular formula is C11H16N2O3S2. The number of unbranched alkanes of at least 4 members (excludes halogenated alkanes) is 1. The highest BCUT2D eigenvalue weighted by Gasteiger charge is 2.18. The van der Waals surface area contributed by atoms with Crippen molar-refractivity contribution in [3.63, 3.8) is 0 Å². The summed E-state index contributed by atoms with van der Waals surface area (Å²) in [5, 5.41) is 11.9. The molecule has 1 heterocycles. The first-order chi connectivity index (χ1) is 8.56. The van der Waals surface area contributed by atoms with Crippen molar-refractivity contribution in [3.8, 4) is 0 Å². The van der Waals surface area contributed by atoms with Crippen LogP contribution < -0.4 is 5.32 Å². The number of nitrogens with zero attached hydrogens (tertiary/aromatic N) is 1. The van der Waals surface area contributed by atoms with Crippen molar-refractivity contribution in [3.05, 3.63) is 11.3 Å². The number of carboxylic acid groups (broad SMARTS) is 1. The van der Waals surface area contributed by atoms with Crippen LogP contribution in [0.2, 0.25) is 0 Å². The number of amides is 1. The third kappa shape index (κ3) is 4.30. The highest BCUT2D eigenvalue weighted by atomic mass is 32.2. The average molecular weight is 288 g/mol. The maximum atomic E-state index is 11.6. The topological polar surface area (TPSA) is 79.3 Å². The number of aromatic carboxylic acids is 1. The molecule has 18 heavy (non-hydrogen) atoms. The fraction of sp³-hybridized carbons (Fsp3) is 0.545. The normalized spacial score (nSPS) is 10.3. The first-order valence-electron chi connectivity index (χ1n) is 5.63. The Morgan fingerprint density at radius 2 is 2.22 bits per heavy atom. The summed E-state index contributed by atoms with van der Waals surface area (Å²) in [6.07, 6.45) is 2.18. The molecule has 5 nitrogen and oxygen atoms in total. The van der Waals surface area contributed by atoms with Crippen molar-refractivity contribution in [2.45, 2.75) is 26.7 Å². The number of aromatic nitrogens is 1. The number of hydrogen-bond donors (Lipinski definition) is 2. The van der Waals surface area contributed by atoms with Gasteiger partial charge < -0.3 is 10.4 Å². The van der Waals surface area contributed by atoms with Crippen LogP contribution in [-0.2, 0) is 4.79 Å². The molecule has 0 saturated heterocycles. The van der Waals surface area contributed by atoms with E-state index in [1.165, 1.54) is 0 Å². The van der Waals surface area contributed by atoms with Crippen molar-refractivity contribution in [1.29, 1.82) is 0 Å². The van der Waals surface area contributed by atoms with Gasteiger partial charge in [-0.1, -0.05) is 13.3 Å². The number of rotatable bonds is 7. The molecule has 2 N–H and O–H groups in total. The third-order valence-electron chi connectivity index (χ3n) is 2.20. The van der Waals surface area contributed by atoms with Gasteiger partial charge in [0.1, 0.15) is 10.6 Å². The maximum absolute atomic E-state index is 11.6. The van der Waals surface area contributed by atoms with Crippen LogP contribution in [-0.4, -0.2) is 32.9 Å². The molecule has 1 rings (SSSR count). The van der Waals surface area contributed by atoms with Gasteiger partial charge in [-0.3, -0.25) is 4.79 Å². The molecule has 0 radical (unpaired) electrons. The van der Waals surface area contributed by atoms with Gasteiger partial charge in [-0.2, -0.15) is 16.1 Å². The largest absolute Gasteiger partial charge is 0.478 e. The summed E-state index contributed by atoms with van der Waals surface area (Å²) < 4.78 is 3.94. The van der Waals surface area contributed by atoms with Crippen LogP contribution in [0.25, 0.3) is 0 Å². The lowest BCUT2D eigenvalue weighted by molar-refractivity contribution is -0.113. The number of aryl methyl sites for hydroxylation is 1. The fourth-order valence-electron chi connectivity index (χ4n) is 1.28. The molecule has 0 saturated carbocycles. The zero-order valence-electron chi connectivity index (χ0n) is 10.4. The molecule has 0 aliphatic heterocycles. The molecular weight excluding hydrogens is 272 g/mol. The molecule has 1 amide bonds. The molecule has 0 spiro atoms. The first kappa shape index (κ1) is 15.0. The van der Waals surface area contributed by atoms with E-state index < -0.39 is 5.97 Å². The van der Waals surface area contributed by atoms with Crippen LogP contribution in [0.15, 0.2) is 0 Å². The van der Waals surface area contributed by atoms with E-state index in [1.54, 1.807) is 18.7 Å². The summed E-state index contributed by atoms with van der Waals surface area (Å²) in [4.78, 5) is 22.6. The Bertz CT molecular complexity index is 432. The predicted octanol–water partition coefficient (Wildman–Crippen LogP) is 2.62. The van der Waals surface area contributed by atoms with Crippen molar-refractivity contribution in [2.75, 3.05) is 16.8 Å². The van der Waals surface area contributed by atoms with Gasteiger partial charge in [-0.05, 0) is 30.6 Å². The van der Waals surface area contributed by atoms with Gasteiger partial charge in [-0.25, -0.2) is 4.79 Å². The van der Waals surface area contributed by atoms with Crippen LogP contribution in [0.4, 0.5) is 5.00 Å². The van der Waals surface area contributed by atoms with Crippen LogP contribution in [0, 0.1) is 6.92 Å². The van der Waals surface area contributed by atoms with Crippen LogP contribution >= 0.6 is 23.3 Å². The zero-order chi connectivity index (χ0) is 13.5. The Labute approximate surface area is 114 Å². The molecule has 1 aromatic rings. The van der Waals surface area contributed by atoms with Crippen molar-refractivity contribution in [2.24, 2.45) is 0 Å². The Hall–Kier alpha value is -1.08.